The molecule has 3 nitrogen and oxygen atoms in total. The number of rotatable bonds is 2. The van der Waals surface area contributed by atoms with E-state index in [1.54, 1.807) is 34.6 Å². The van der Waals surface area contributed by atoms with Crippen LogP contribution in [0.15, 0.2) is 0 Å². The first-order valence-corrected chi connectivity index (χ1v) is 5.51. The van der Waals surface area contributed by atoms with E-state index in [2.05, 4.69) is 10.6 Å². The van der Waals surface area contributed by atoms with Crippen molar-refractivity contribution in [2.75, 3.05) is 0 Å². The molecule has 0 atom stereocenters. The summed E-state index contributed by atoms with van der Waals surface area (Å²) < 4.78 is 24.9. The molecule has 13 heavy (non-hydrogen) atoms. The molecule has 0 aromatic rings. The Morgan fingerprint density at radius 3 is 1.77 bits per heavy atom. The Bertz CT molecular complexity index is 315. The average Bonchev–Trinajstić information content (AvgIpc) is 1.83. The van der Waals surface area contributed by atoms with E-state index in [1.807, 2.05) is 0 Å². The molecule has 0 saturated carbocycles. The largest absolute Gasteiger partial charge is 0.217 e. The van der Waals surface area contributed by atoms with Crippen molar-refractivity contribution in [1.29, 1.82) is 0 Å². The van der Waals surface area contributed by atoms with Crippen molar-refractivity contribution in [1.82, 2.24) is 4.72 Å². The lowest BCUT2D eigenvalue weighted by molar-refractivity contribution is 0.510. The van der Waals surface area contributed by atoms with E-state index in [-0.39, 0.29) is 0 Å². The summed E-state index contributed by atoms with van der Waals surface area (Å²) in [7, 11) is -3.36. The number of nitrogens with one attached hydrogen (secondary N) is 1. The highest BCUT2D eigenvalue weighted by molar-refractivity contribution is 7.90. The Morgan fingerprint density at radius 1 is 1.15 bits per heavy atom. The van der Waals surface area contributed by atoms with Crippen LogP contribution in [0.25, 0.3) is 0 Å². The summed E-state index contributed by atoms with van der Waals surface area (Å²) in [5.74, 6) is 2.38. The fourth-order valence-corrected chi connectivity index (χ4v) is 1.56. The molecule has 0 unspecified atom stereocenters. The van der Waals surface area contributed by atoms with Crippen molar-refractivity contribution in [2.24, 2.45) is 0 Å². The van der Waals surface area contributed by atoms with Crippen LogP contribution in [0.4, 0.5) is 0 Å². The van der Waals surface area contributed by atoms with Gasteiger partial charge in [0.05, 0.1) is 10.3 Å². The molecule has 0 amide bonds. The molecule has 0 fully saturated rings. The van der Waals surface area contributed by atoms with Crippen molar-refractivity contribution in [3.05, 3.63) is 0 Å². The van der Waals surface area contributed by atoms with E-state index in [1.165, 1.54) is 0 Å². The fraction of sp³-hybridized carbons (Fsp3) is 0.778. The zero-order valence-electron chi connectivity index (χ0n) is 8.80. The van der Waals surface area contributed by atoms with Gasteiger partial charge in [0.15, 0.2) is 0 Å². The second-order valence-electron chi connectivity index (χ2n) is 4.49. The molecule has 0 rings (SSSR count). The Morgan fingerprint density at radius 2 is 1.54 bits per heavy atom. The predicted molar refractivity (Wildman–Crippen MR) is 54.7 cm³/mol. The van der Waals surface area contributed by atoms with Crippen molar-refractivity contribution < 1.29 is 8.42 Å². The first-order chi connectivity index (χ1) is 5.52. The van der Waals surface area contributed by atoms with E-state index in [0.29, 0.717) is 0 Å². The van der Waals surface area contributed by atoms with Crippen molar-refractivity contribution in [2.45, 2.75) is 44.9 Å². The van der Waals surface area contributed by atoms with Gasteiger partial charge in [0.25, 0.3) is 0 Å². The highest BCUT2D eigenvalue weighted by atomic mass is 32.2. The van der Waals surface area contributed by atoms with Gasteiger partial charge in [-0.3, -0.25) is 0 Å². The zero-order chi connectivity index (χ0) is 10.9. The van der Waals surface area contributed by atoms with Gasteiger partial charge in [-0.1, -0.05) is 5.92 Å². The van der Waals surface area contributed by atoms with Gasteiger partial charge in [-0.05, 0) is 34.6 Å². The summed E-state index contributed by atoms with van der Waals surface area (Å²) in [4.78, 5) is 0. The zero-order valence-corrected chi connectivity index (χ0v) is 9.62. The molecule has 0 aromatic heterocycles. The normalized spacial score (nSPS) is 13.8. The van der Waals surface area contributed by atoms with Crippen LogP contribution in [0, 0.1) is 12.3 Å². The highest BCUT2D eigenvalue weighted by Crippen LogP contribution is 2.16. The Labute approximate surface area is 81.0 Å². The van der Waals surface area contributed by atoms with Crippen LogP contribution in [0.3, 0.4) is 0 Å². The van der Waals surface area contributed by atoms with E-state index in [9.17, 15) is 8.42 Å². The minimum absolute atomic E-state index is 0.827. The predicted octanol–water partition coefficient (Wildman–Crippen LogP) is 1.12. The Balaban J connectivity index is 4.88. The summed E-state index contributed by atoms with van der Waals surface area (Å²) in [6.45, 7) is 8.18. The molecule has 0 aromatic carbocycles. The van der Waals surface area contributed by atoms with E-state index >= 15 is 0 Å². The maximum absolute atomic E-state index is 11.6. The second kappa shape index (κ2) is 3.32. The van der Waals surface area contributed by atoms with Gasteiger partial charge in [0.1, 0.15) is 0 Å². The molecule has 0 aliphatic heterocycles. The molecule has 0 saturated heterocycles. The number of terminal acetylenes is 1. The third-order valence-corrected chi connectivity index (χ3v) is 3.95. The summed E-state index contributed by atoms with van der Waals surface area (Å²) in [5, 5.41) is 0. The molecule has 0 bridgehead atoms. The maximum Gasteiger partial charge on any atom is 0.217 e. The quantitative estimate of drug-likeness (QED) is 0.683. The topological polar surface area (TPSA) is 46.2 Å². The van der Waals surface area contributed by atoms with Gasteiger partial charge in [0, 0.05) is 0 Å². The smallest absolute Gasteiger partial charge is 0.212 e. The van der Waals surface area contributed by atoms with Crippen LogP contribution in [0.1, 0.15) is 34.6 Å². The van der Waals surface area contributed by atoms with Crippen LogP contribution in [0.5, 0.6) is 0 Å². The summed E-state index contributed by atoms with van der Waals surface area (Å²) in [5.41, 5.74) is -0.827. The van der Waals surface area contributed by atoms with Gasteiger partial charge >= 0.3 is 0 Å². The van der Waals surface area contributed by atoms with Crippen LogP contribution in [-0.2, 0) is 10.0 Å². The van der Waals surface area contributed by atoms with E-state index in [0.717, 1.165) is 0 Å². The van der Waals surface area contributed by atoms with Crippen molar-refractivity contribution in [3.8, 4) is 12.3 Å². The van der Waals surface area contributed by atoms with Crippen LogP contribution in [-0.4, -0.2) is 18.7 Å². The molecule has 0 heterocycles. The fourth-order valence-electron chi connectivity index (χ4n) is 0.518. The second-order valence-corrected chi connectivity index (χ2v) is 6.92. The third-order valence-electron chi connectivity index (χ3n) is 1.56. The van der Waals surface area contributed by atoms with Crippen molar-refractivity contribution in [3.63, 3.8) is 0 Å². The van der Waals surface area contributed by atoms with E-state index < -0.39 is 20.3 Å². The van der Waals surface area contributed by atoms with Crippen LogP contribution in [0.2, 0.25) is 0 Å². The molecule has 0 radical (unpaired) electrons. The number of sulfonamides is 1. The first-order valence-electron chi connectivity index (χ1n) is 4.03. The summed E-state index contributed by atoms with van der Waals surface area (Å²) >= 11 is 0. The molecular formula is C9H17NO2S. The average molecular weight is 203 g/mol. The molecule has 0 aliphatic rings. The minimum Gasteiger partial charge on any atom is -0.212 e. The lowest BCUT2D eigenvalue weighted by atomic mass is 10.1. The summed E-state index contributed by atoms with van der Waals surface area (Å²) in [6, 6.07) is 0. The van der Waals surface area contributed by atoms with Gasteiger partial charge in [0.2, 0.25) is 10.0 Å². The third kappa shape index (κ3) is 3.37. The number of hydrogen-bond donors (Lipinski definition) is 1. The SMILES string of the molecule is C#CC(C)(C)NS(=O)(=O)C(C)(C)C. The molecule has 76 valence electrons. The Kier molecular flexibility index (Phi) is 3.18. The van der Waals surface area contributed by atoms with Crippen LogP contribution < -0.4 is 4.72 Å². The van der Waals surface area contributed by atoms with Gasteiger partial charge < -0.3 is 0 Å². The van der Waals surface area contributed by atoms with Crippen molar-refractivity contribution >= 4 is 10.0 Å². The monoisotopic (exact) mass is 203 g/mol. The van der Waals surface area contributed by atoms with Crippen LogP contribution >= 0.6 is 0 Å². The minimum atomic E-state index is -3.36. The molecule has 4 heteroatoms. The van der Waals surface area contributed by atoms with Gasteiger partial charge in [-0.15, -0.1) is 6.42 Å². The maximum atomic E-state index is 11.6. The highest BCUT2D eigenvalue weighted by Gasteiger charge is 2.33. The van der Waals surface area contributed by atoms with Gasteiger partial charge in [-0.25, -0.2) is 8.42 Å². The molecule has 0 aliphatic carbocycles. The molecular weight excluding hydrogens is 186 g/mol. The lowest BCUT2D eigenvalue weighted by Gasteiger charge is -2.26. The summed E-state index contributed by atoms with van der Waals surface area (Å²) in [6.07, 6.45) is 5.18. The first kappa shape index (κ1) is 12.5. The molecule has 0 spiro atoms. The van der Waals surface area contributed by atoms with E-state index in [4.69, 9.17) is 6.42 Å². The lowest BCUT2D eigenvalue weighted by Crippen LogP contribution is -2.49. The standard InChI is InChI=1S/C9H17NO2S/c1-7-9(5,6)10-13(11,12)8(2,3)4/h1,10H,2-6H3. The Hall–Kier alpha value is -0.530. The molecule has 1 N–H and O–H groups in total. The van der Waals surface area contributed by atoms with Gasteiger partial charge in [-0.2, -0.15) is 4.72 Å². The number of hydrogen-bond acceptors (Lipinski definition) is 2.